The van der Waals surface area contributed by atoms with E-state index < -0.39 is 0 Å². The maximum atomic E-state index is 12.1. The predicted molar refractivity (Wildman–Crippen MR) is 78.3 cm³/mol. The highest BCUT2D eigenvalue weighted by atomic mass is 16.3. The van der Waals surface area contributed by atoms with E-state index in [4.69, 9.17) is 0 Å². The van der Waals surface area contributed by atoms with Crippen LogP contribution in [-0.4, -0.2) is 42.3 Å². The fraction of sp³-hybridized carbons (Fsp3) is 0.938. The van der Waals surface area contributed by atoms with Gasteiger partial charge in [0.1, 0.15) is 0 Å². The van der Waals surface area contributed by atoms with Gasteiger partial charge in [0, 0.05) is 26.2 Å². The zero-order valence-electron chi connectivity index (χ0n) is 12.4. The van der Waals surface area contributed by atoms with Crippen molar-refractivity contribution >= 4 is 6.03 Å². The Bertz CT molecular complexity index is 347. The Kier molecular flexibility index (Phi) is 4.49. The average Bonchev–Trinajstić information content (AvgIpc) is 3.10. The highest BCUT2D eigenvalue weighted by Gasteiger charge is 2.38. The molecular weight excluding hydrogens is 252 g/mol. The number of nitrogens with zero attached hydrogens (tertiary/aromatic N) is 1. The Morgan fingerprint density at radius 3 is 2.85 bits per heavy atom. The molecule has 2 N–H and O–H groups in total. The number of amides is 2. The molecule has 0 spiro atoms. The Labute approximate surface area is 121 Å². The second kappa shape index (κ2) is 6.33. The van der Waals surface area contributed by atoms with E-state index in [1.54, 1.807) is 0 Å². The Hall–Kier alpha value is -0.770. The van der Waals surface area contributed by atoms with Gasteiger partial charge in [0.25, 0.3) is 0 Å². The molecule has 0 radical (unpaired) electrons. The number of likely N-dealkylation sites (tertiary alicyclic amines) is 1. The number of carbonyl (C=O) groups excluding carboxylic acids is 1. The van der Waals surface area contributed by atoms with Crippen LogP contribution in [0.3, 0.4) is 0 Å². The second-order valence-corrected chi connectivity index (χ2v) is 7.09. The average molecular weight is 280 g/mol. The summed E-state index contributed by atoms with van der Waals surface area (Å²) in [5.41, 5.74) is 0. The molecule has 1 heterocycles. The Balaban J connectivity index is 1.36. The van der Waals surface area contributed by atoms with E-state index in [0.29, 0.717) is 0 Å². The van der Waals surface area contributed by atoms with E-state index in [-0.39, 0.29) is 18.6 Å². The van der Waals surface area contributed by atoms with Gasteiger partial charge in [-0.15, -0.1) is 0 Å². The molecule has 4 unspecified atom stereocenters. The molecule has 3 aliphatic rings. The van der Waals surface area contributed by atoms with Crippen LogP contribution in [0.15, 0.2) is 0 Å². The number of carbonyl (C=O) groups is 1. The van der Waals surface area contributed by atoms with Gasteiger partial charge in [-0.2, -0.15) is 0 Å². The maximum Gasteiger partial charge on any atom is 0.317 e. The lowest BCUT2D eigenvalue weighted by Crippen LogP contribution is -2.46. The number of aliphatic hydroxyl groups is 1. The molecule has 3 fully saturated rings. The van der Waals surface area contributed by atoms with Gasteiger partial charge >= 0.3 is 6.03 Å². The molecule has 2 saturated carbocycles. The number of nitrogens with one attached hydrogen (secondary N) is 1. The number of fused-ring (bicyclic) bond motifs is 2. The number of urea groups is 1. The van der Waals surface area contributed by atoms with Crippen LogP contribution in [0, 0.1) is 23.7 Å². The lowest BCUT2D eigenvalue weighted by atomic mass is 9.86. The van der Waals surface area contributed by atoms with E-state index in [0.717, 1.165) is 56.7 Å². The third-order valence-corrected chi connectivity index (χ3v) is 5.74. The van der Waals surface area contributed by atoms with Gasteiger partial charge in [-0.25, -0.2) is 4.79 Å². The van der Waals surface area contributed by atoms with Gasteiger partial charge in [0.15, 0.2) is 0 Å². The molecule has 0 aromatic rings. The van der Waals surface area contributed by atoms with Crippen LogP contribution in [0.1, 0.15) is 44.9 Å². The summed E-state index contributed by atoms with van der Waals surface area (Å²) < 4.78 is 0. The third kappa shape index (κ3) is 3.11. The number of rotatable bonds is 4. The minimum atomic E-state index is 0.0753. The van der Waals surface area contributed by atoms with Crippen molar-refractivity contribution in [1.29, 1.82) is 0 Å². The van der Waals surface area contributed by atoms with Crippen LogP contribution in [0.25, 0.3) is 0 Å². The Morgan fingerprint density at radius 1 is 1.25 bits per heavy atom. The summed E-state index contributed by atoms with van der Waals surface area (Å²) in [6, 6.07) is 0.0753. The first-order chi connectivity index (χ1) is 9.76. The maximum absolute atomic E-state index is 12.1. The van der Waals surface area contributed by atoms with E-state index in [9.17, 15) is 9.90 Å². The SMILES string of the molecule is O=C(NCCC1CC2CCC1C2)N1CCCC(CO)C1. The van der Waals surface area contributed by atoms with Gasteiger partial charge in [-0.3, -0.25) is 0 Å². The summed E-state index contributed by atoms with van der Waals surface area (Å²) >= 11 is 0. The molecule has 114 valence electrons. The van der Waals surface area contributed by atoms with Crippen molar-refractivity contribution in [2.45, 2.75) is 44.9 Å². The standard InChI is InChI=1S/C16H28N2O2/c19-11-13-2-1-7-18(10-13)16(20)17-6-5-15-9-12-3-4-14(15)8-12/h12-15,19H,1-11H2,(H,17,20). The summed E-state index contributed by atoms with van der Waals surface area (Å²) in [5, 5.41) is 12.3. The molecule has 4 heteroatoms. The van der Waals surface area contributed by atoms with Gasteiger partial charge in [0.05, 0.1) is 0 Å². The first-order valence-electron chi connectivity index (χ1n) is 8.40. The summed E-state index contributed by atoms with van der Waals surface area (Å²) in [6.07, 6.45) is 8.94. The lowest BCUT2D eigenvalue weighted by Gasteiger charge is -2.32. The topological polar surface area (TPSA) is 52.6 Å². The molecule has 3 rings (SSSR count). The lowest BCUT2D eigenvalue weighted by molar-refractivity contribution is 0.129. The van der Waals surface area contributed by atoms with E-state index in [1.165, 1.54) is 25.7 Å². The minimum Gasteiger partial charge on any atom is -0.396 e. The number of aliphatic hydroxyl groups excluding tert-OH is 1. The monoisotopic (exact) mass is 280 g/mol. The van der Waals surface area contributed by atoms with Crippen LogP contribution in [0.2, 0.25) is 0 Å². The van der Waals surface area contributed by atoms with Crippen molar-refractivity contribution < 1.29 is 9.90 Å². The van der Waals surface area contributed by atoms with E-state index in [1.807, 2.05) is 4.90 Å². The van der Waals surface area contributed by atoms with Crippen molar-refractivity contribution in [2.24, 2.45) is 23.7 Å². The smallest absolute Gasteiger partial charge is 0.317 e. The predicted octanol–water partition coefficient (Wildman–Crippen LogP) is 2.23. The highest BCUT2D eigenvalue weighted by Crippen LogP contribution is 2.49. The third-order valence-electron chi connectivity index (χ3n) is 5.74. The molecule has 0 aromatic carbocycles. The molecule has 1 aliphatic heterocycles. The van der Waals surface area contributed by atoms with Crippen LogP contribution in [0.5, 0.6) is 0 Å². The van der Waals surface area contributed by atoms with Crippen molar-refractivity contribution in [1.82, 2.24) is 10.2 Å². The molecule has 4 atom stereocenters. The number of hydrogen-bond acceptors (Lipinski definition) is 2. The van der Waals surface area contributed by atoms with Crippen molar-refractivity contribution in [3.05, 3.63) is 0 Å². The summed E-state index contributed by atoms with van der Waals surface area (Å²) in [7, 11) is 0. The van der Waals surface area contributed by atoms with Gasteiger partial charge in [-0.1, -0.05) is 6.42 Å². The largest absolute Gasteiger partial charge is 0.396 e. The molecule has 20 heavy (non-hydrogen) atoms. The van der Waals surface area contributed by atoms with E-state index >= 15 is 0 Å². The quantitative estimate of drug-likeness (QED) is 0.829. The second-order valence-electron chi connectivity index (χ2n) is 7.09. The number of hydrogen-bond donors (Lipinski definition) is 2. The summed E-state index contributed by atoms with van der Waals surface area (Å²) in [5.74, 6) is 3.08. The fourth-order valence-electron chi connectivity index (χ4n) is 4.60. The highest BCUT2D eigenvalue weighted by molar-refractivity contribution is 5.74. The van der Waals surface area contributed by atoms with Crippen molar-refractivity contribution in [3.8, 4) is 0 Å². The minimum absolute atomic E-state index is 0.0753. The van der Waals surface area contributed by atoms with Crippen LogP contribution >= 0.6 is 0 Å². The molecule has 0 aromatic heterocycles. The molecular formula is C16H28N2O2. The van der Waals surface area contributed by atoms with Crippen molar-refractivity contribution in [3.63, 3.8) is 0 Å². The fourth-order valence-corrected chi connectivity index (χ4v) is 4.60. The van der Waals surface area contributed by atoms with Crippen LogP contribution in [-0.2, 0) is 0 Å². The molecule has 2 amide bonds. The number of piperidine rings is 1. The van der Waals surface area contributed by atoms with Crippen molar-refractivity contribution in [2.75, 3.05) is 26.2 Å². The summed E-state index contributed by atoms with van der Waals surface area (Å²) in [6.45, 7) is 2.59. The Morgan fingerprint density at radius 2 is 2.15 bits per heavy atom. The van der Waals surface area contributed by atoms with Gasteiger partial charge in [-0.05, 0) is 62.2 Å². The normalized spacial score (nSPS) is 36.4. The van der Waals surface area contributed by atoms with Gasteiger partial charge in [0.2, 0.25) is 0 Å². The zero-order chi connectivity index (χ0) is 13.9. The van der Waals surface area contributed by atoms with E-state index in [2.05, 4.69) is 5.32 Å². The first kappa shape index (κ1) is 14.2. The molecule has 4 nitrogen and oxygen atoms in total. The zero-order valence-corrected chi connectivity index (χ0v) is 12.4. The first-order valence-corrected chi connectivity index (χ1v) is 8.40. The van der Waals surface area contributed by atoms with Gasteiger partial charge < -0.3 is 15.3 Å². The van der Waals surface area contributed by atoms with Crippen LogP contribution in [0.4, 0.5) is 4.79 Å². The molecule has 2 aliphatic carbocycles. The van der Waals surface area contributed by atoms with Crippen LogP contribution < -0.4 is 5.32 Å². The molecule has 2 bridgehead atoms. The summed E-state index contributed by atoms with van der Waals surface area (Å²) in [4.78, 5) is 14.0. The molecule has 1 saturated heterocycles.